The number of hydrogen-bond acceptors (Lipinski definition) is 16. The normalized spacial score (nSPS) is 9.84. The number of para-hydroxylation sites is 3. The average Bonchev–Trinajstić information content (AvgIpc) is 3.97. The van der Waals surface area contributed by atoms with E-state index in [9.17, 15) is 24.0 Å². The van der Waals surface area contributed by atoms with E-state index in [-0.39, 0.29) is 18.6 Å². The van der Waals surface area contributed by atoms with Gasteiger partial charge >= 0.3 is 12.2 Å². The number of methoxy groups -OCH3 is 1. The third-order valence-electron chi connectivity index (χ3n) is 7.86. The van der Waals surface area contributed by atoms with Crippen LogP contribution in [0.4, 0.5) is 15.5 Å². The van der Waals surface area contributed by atoms with Crippen LogP contribution < -0.4 is 22.1 Å². The summed E-state index contributed by atoms with van der Waals surface area (Å²) in [6.45, 7) is 2.91. The van der Waals surface area contributed by atoms with Crippen LogP contribution in [0.15, 0.2) is 111 Å². The second-order valence-electron chi connectivity index (χ2n) is 13.1. The molecule has 0 radical (unpaired) electrons. The first-order valence-electron chi connectivity index (χ1n) is 19.9. The molecule has 0 saturated heterocycles. The number of anilines is 1. The van der Waals surface area contributed by atoms with Gasteiger partial charge in [0.05, 0.1) is 44.6 Å². The molecule has 70 heavy (non-hydrogen) atoms. The predicted octanol–water partition coefficient (Wildman–Crippen LogP) is 11.0. The molecule has 0 spiro atoms. The molecule has 0 aliphatic heterocycles. The van der Waals surface area contributed by atoms with Gasteiger partial charge in [0.1, 0.15) is 11.5 Å². The number of thioether (sulfide) groups is 2. The topological polar surface area (TPSA) is 272 Å². The van der Waals surface area contributed by atoms with Gasteiger partial charge in [0.15, 0.2) is 10.9 Å². The summed E-state index contributed by atoms with van der Waals surface area (Å²) in [6.07, 6.45) is 1.12. The van der Waals surface area contributed by atoms with Gasteiger partial charge in [-0.25, -0.2) is 19.6 Å². The molecule has 4 aromatic carbocycles. The molecular formula is C45H45Br2IN10O7S5. The number of nitrogens with two attached hydrogens (primary N) is 2. The van der Waals surface area contributed by atoms with Gasteiger partial charge in [-0.05, 0) is 103 Å². The second-order valence-corrected chi connectivity index (χ2v) is 22.6. The molecule has 0 atom stereocenters. The van der Waals surface area contributed by atoms with Crippen molar-refractivity contribution in [3.8, 4) is 21.3 Å². The van der Waals surface area contributed by atoms with Crippen LogP contribution in [0.25, 0.3) is 21.3 Å². The van der Waals surface area contributed by atoms with Crippen molar-refractivity contribution in [3.05, 3.63) is 108 Å². The lowest BCUT2D eigenvalue weighted by Gasteiger charge is -2.13. The number of thiocyanates is 1. The zero-order chi connectivity index (χ0) is 51.9. The van der Waals surface area contributed by atoms with Crippen molar-refractivity contribution in [1.82, 2.24) is 25.2 Å². The number of alkyl halides is 2. The number of thiazole rings is 1. The summed E-state index contributed by atoms with van der Waals surface area (Å²) in [6, 6.07) is 31.8. The Bertz CT molecular complexity index is 2750. The number of alkyl carbamates (subject to hydrolysis) is 1. The van der Waals surface area contributed by atoms with E-state index < -0.39 is 21.1 Å². The summed E-state index contributed by atoms with van der Waals surface area (Å²) in [7, 11) is 7.60. The number of H-pyrrole nitrogens is 1. The number of nitrogens with one attached hydrogen (secondary N) is 3. The Labute approximate surface area is 455 Å². The lowest BCUT2D eigenvalue weighted by atomic mass is 10.2. The fraction of sp³-hybridized carbons (Fsp3) is 0.222. The van der Waals surface area contributed by atoms with Gasteiger partial charge in [-0.1, -0.05) is 101 Å². The van der Waals surface area contributed by atoms with E-state index >= 15 is 0 Å². The minimum Gasteiger partial charge on any atom is -0.453 e. The number of aromatic amines is 1. The van der Waals surface area contributed by atoms with Crippen LogP contribution in [0.3, 0.4) is 0 Å². The van der Waals surface area contributed by atoms with Crippen LogP contribution in [0.1, 0.15) is 40.5 Å². The van der Waals surface area contributed by atoms with Crippen LogP contribution >= 0.6 is 111 Å². The zero-order valence-electron chi connectivity index (χ0n) is 37.7. The number of hydrogen-bond donors (Lipinski definition) is 5. The van der Waals surface area contributed by atoms with E-state index in [4.69, 9.17) is 26.7 Å². The van der Waals surface area contributed by atoms with Crippen molar-refractivity contribution in [2.45, 2.75) is 37.1 Å². The smallest absolute Gasteiger partial charge is 0.413 e. The van der Waals surface area contributed by atoms with Crippen LogP contribution in [-0.2, 0) is 14.3 Å². The molecular weight excluding hydrogens is 1240 g/mol. The summed E-state index contributed by atoms with van der Waals surface area (Å²) < 4.78 is 12.6. The maximum absolute atomic E-state index is 12.2. The van der Waals surface area contributed by atoms with Crippen molar-refractivity contribution in [3.63, 3.8) is 0 Å². The number of benzene rings is 4. The van der Waals surface area contributed by atoms with Gasteiger partial charge in [0, 0.05) is 53.0 Å². The number of unbranched alkanes of at least 4 members (excludes halogenated alkanes) is 1. The number of amides is 5. The number of aromatic nitrogens is 3. The summed E-state index contributed by atoms with van der Waals surface area (Å²) >= 11 is 11.9. The van der Waals surface area contributed by atoms with Crippen LogP contribution in [0.2, 0.25) is 0 Å². The molecule has 0 aliphatic rings. The van der Waals surface area contributed by atoms with Crippen molar-refractivity contribution in [2.75, 3.05) is 44.8 Å². The number of carbonyl (C=O) groups is 5. The Morgan fingerprint density at radius 2 is 1.47 bits per heavy atom. The molecule has 368 valence electrons. The van der Waals surface area contributed by atoms with E-state index in [2.05, 4.69) is 85.0 Å². The summed E-state index contributed by atoms with van der Waals surface area (Å²) in [5.41, 5.74) is 13.9. The first kappa shape index (κ1) is 60.9. The lowest BCUT2D eigenvalue weighted by Crippen LogP contribution is -2.30. The van der Waals surface area contributed by atoms with Crippen LogP contribution in [0, 0.1) is 31.8 Å². The van der Waals surface area contributed by atoms with Gasteiger partial charge in [0.25, 0.3) is 11.8 Å². The summed E-state index contributed by atoms with van der Waals surface area (Å²) in [4.78, 5) is 70.1. The van der Waals surface area contributed by atoms with Crippen LogP contribution in [0.5, 0.6) is 0 Å². The first-order chi connectivity index (χ1) is 33.5. The van der Waals surface area contributed by atoms with Crippen molar-refractivity contribution in [1.29, 1.82) is 10.5 Å². The van der Waals surface area contributed by atoms with Gasteiger partial charge < -0.3 is 36.1 Å². The largest absolute Gasteiger partial charge is 0.453 e. The molecule has 17 nitrogen and oxygen atoms in total. The molecule has 5 amide bonds. The van der Waals surface area contributed by atoms with E-state index in [1.165, 1.54) is 45.2 Å². The standard InChI is InChI=1S/C16H16N2O2S2.C9H9N3O2.C9H6N2S3.C8H12INO2.C3H2Br2N2O/c1-18(2)16(20)12-8-4-6-10-14(12)22-21-13-9-5-3-7-11(13)15(17)19;1-14-9(13)12-8-10-6-4-2-3-5-7(6)11-8;10-5-12-6-13-9-11-7-3-1-2-4-8(7)14-9;1-2-3-6-10-8(11)12-7-4-5-9;4-3(5,1-6)2(7)8/h3-10H,1-2H3,(H2,17,19);2-5H,1H3,(H2,10,11,12,13);1-4H,6H2;2-3,6-7H2,1H3,(H,10,11);(H2,7,8). The molecule has 0 aliphatic carbocycles. The van der Waals surface area contributed by atoms with Gasteiger partial charge in [0.2, 0.25) is 15.1 Å². The molecule has 2 aromatic heterocycles. The van der Waals surface area contributed by atoms with Gasteiger partial charge in [-0.15, -0.1) is 11.3 Å². The third kappa shape index (κ3) is 23.2. The maximum atomic E-state index is 12.2. The fourth-order valence-corrected chi connectivity index (χ4v) is 9.74. The highest BCUT2D eigenvalue weighted by atomic mass is 127. The monoisotopic (exact) mass is 1280 g/mol. The molecule has 25 heteroatoms. The molecule has 0 unspecified atom stereocenters. The fourth-order valence-electron chi connectivity index (χ4n) is 4.57. The number of fused-ring (bicyclic) bond motifs is 2. The van der Waals surface area contributed by atoms with Crippen molar-refractivity contribution >= 4 is 168 Å². The van der Waals surface area contributed by atoms with Crippen LogP contribution in [-0.4, -0.2) is 92.4 Å². The summed E-state index contributed by atoms with van der Waals surface area (Å²) in [5, 5.41) is 24.3. The Balaban J connectivity index is 0.000000312. The van der Waals surface area contributed by atoms with E-state index in [1.54, 1.807) is 66.4 Å². The number of imidazole rings is 1. The Hall–Kier alpha value is -5.18. The van der Waals surface area contributed by atoms with Crippen molar-refractivity contribution in [2.24, 2.45) is 11.5 Å². The SMILES string of the molecule is CCCCNC(=O)OCC#CI.CN(C)C(=O)c1ccccc1SSc1ccccc1C(N)=O.COC(=O)Nc1nc2ccccc2[nH]1.N#CC(Br)(Br)C(N)=O.N#CSCSc1nc2ccccc2s1. The minimum absolute atomic E-state index is 0.0492. The Morgan fingerprint density at radius 1 is 0.871 bits per heavy atom. The number of halogens is 3. The number of carbonyl (C=O) groups excluding carboxylic acids is 5. The third-order valence-corrected chi connectivity index (χ3v) is 14.7. The average molecular weight is 1280 g/mol. The maximum Gasteiger partial charge on any atom is 0.413 e. The molecule has 6 aromatic rings. The number of nitrogens with zero attached hydrogens (tertiary/aromatic N) is 5. The first-order valence-corrected chi connectivity index (χ1v) is 27.5. The number of ether oxygens (including phenoxy) is 2. The van der Waals surface area contributed by atoms with Crippen molar-refractivity contribution < 1.29 is 33.4 Å². The highest BCUT2D eigenvalue weighted by molar-refractivity contribution is 14.1. The highest BCUT2D eigenvalue weighted by Gasteiger charge is 2.29. The minimum atomic E-state index is -1.39. The predicted molar refractivity (Wildman–Crippen MR) is 298 cm³/mol. The number of primary amides is 2. The van der Waals surface area contributed by atoms with Gasteiger partial charge in [-0.3, -0.25) is 19.7 Å². The van der Waals surface area contributed by atoms with E-state index in [1.807, 2.05) is 101 Å². The lowest BCUT2D eigenvalue weighted by molar-refractivity contribution is -0.117. The molecule has 0 saturated carbocycles. The Morgan fingerprint density at radius 3 is 2.01 bits per heavy atom. The van der Waals surface area contributed by atoms with E-state index in [0.717, 1.165) is 48.6 Å². The van der Waals surface area contributed by atoms with Gasteiger partial charge in [-0.2, -0.15) is 10.5 Å². The summed E-state index contributed by atoms with van der Waals surface area (Å²) in [5.74, 6) is 1.75. The molecule has 0 bridgehead atoms. The molecule has 2 heterocycles. The van der Waals surface area contributed by atoms with E-state index in [0.29, 0.717) is 23.6 Å². The molecule has 7 N–H and O–H groups in total. The Kier molecular flexibility index (Phi) is 29.8. The molecule has 6 rings (SSSR count). The quantitative estimate of drug-likeness (QED) is 0.00991. The molecule has 0 fully saturated rings. The second kappa shape index (κ2) is 34.2. The number of nitriles is 2. The zero-order valence-corrected chi connectivity index (χ0v) is 47.1. The highest BCUT2D eigenvalue weighted by Crippen LogP contribution is 2.40. The number of rotatable bonds is 14.